The molecule has 0 radical (unpaired) electrons. The number of hydrogen-bond donors (Lipinski definition) is 0. The molecule has 14 aromatic rings. The maximum Gasteiger partial charge on any atom is 0.179 e. The molecule has 0 unspecified atom stereocenters. The lowest BCUT2D eigenvalue weighted by Gasteiger charge is -2.34. The van der Waals surface area contributed by atoms with E-state index in [0.717, 1.165) is 61.0 Å². The standard InChI is InChI=1S/C66H44N2OSi/c1-5-20-45(21-6-1)46-38-40-62-59(42-46)65-55(57-34-18-33-56-54-31-14-16-37-64(54)69-66(56)57)32-19-36-63(65)68(62)48-39-41-61-58(44-48)53-30-13-15-35-60(53)67(61)47-22-17-29-52(43-47)70(49-23-7-2-8-24-49,50-25-9-3-10-26-50)51-27-11-4-12-28-51/h1-44H. The number of furan rings is 1. The van der Waals surface area contributed by atoms with Gasteiger partial charge in [0.05, 0.1) is 22.1 Å². The van der Waals surface area contributed by atoms with Crippen molar-refractivity contribution < 1.29 is 4.42 Å². The largest absolute Gasteiger partial charge is 0.455 e. The summed E-state index contributed by atoms with van der Waals surface area (Å²) >= 11 is 0. The molecule has 14 rings (SSSR count). The van der Waals surface area contributed by atoms with Crippen molar-refractivity contribution in [2.45, 2.75) is 0 Å². The van der Waals surface area contributed by atoms with Crippen LogP contribution < -0.4 is 20.7 Å². The Balaban J connectivity index is 0.999. The summed E-state index contributed by atoms with van der Waals surface area (Å²) in [4.78, 5) is 0. The molecule has 0 spiro atoms. The van der Waals surface area contributed by atoms with Crippen molar-refractivity contribution in [3.8, 4) is 33.6 Å². The molecular weight excluding hydrogens is 865 g/mol. The average Bonchev–Trinajstić information content (AvgIpc) is 4.10. The van der Waals surface area contributed by atoms with Crippen molar-refractivity contribution in [3.05, 3.63) is 267 Å². The number of rotatable bonds is 8. The Morgan fingerprint density at radius 1 is 0.286 bits per heavy atom. The smallest absolute Gasteiger partial charge is 0.179 e. The third kappa shape index (κ3) is 6.07. The van der Waals surface area contributed by atoms with Gasteiger partial charge in [0.25, 0.3) is 0 Å². The third-order valence-electron chi connectivity index (χ3n) is 14.7. The monoisotopic (exact) mass is 908 g/mol. The maximum absolute atomic E-state index is 6.70. The Hall–Kier alpha value is -8.96. The van der Waals surface area contributed by atoms with Gasteiger partial charge < -0.3 is 13.6 Å². The first-order chi connectivity index (χ1) is 34.7. The van der Waals surface area contributed by atoms with Crippen LogP contribution >= 0.6 is 0 Å². The van der Waals surface area contributed by atoms with Gasteiger partial charge in [0, 0.05) is 49.3 Å². The van der Waals surface area contributed by atoms with Gasteiger partial charge in [-0.3, -0.25) is 0 Å². The number of para-hydroxylation sites is 3. The highest BCUT2D eigenvalue weighted by Crippen LogP contribution is 2.44. The van der Waals surface area contributed by atoms with Crippen LogP contribution in [0.3, 0.4) is 0 Å². The van der Waals surface area contributed by atoms with Gasteiger partial charge >= 0.3 is 0 Å². The van der Waals surface area contributed by atoms with E-state index >= 15 is 0 Å². The second-order valence-corrected chi connectivity index (χ2v) is 22.2. The quantitative estimate of drug-likeness (QED) is 0.110. The van der Waals surface area contributed by atoms with Crippen LogP contribution in [0.15, 0.2) is 271 Å². The zero-order chi connectivity index (χ0) is 46.2. The lowest BCUT2D eigenvalue weighted by molar-refractivity contribution is 0.670. The van der Waals surface area contributed by atoms with E-state index in [1.165, 1.54) is 58.9 Å². The molecule has 4 heteroatoms. The topological polar surface area (TPSA) is 23.0 Å². The van der Waals surface area contributed by atoms with Crippen LogP contribution in [0.5, 0.6) is 0 Å². The molecule has 0 N–H and O–H groups in total. The number of hydrogen-bond acceptors (Lipinski definition) is 1. The van der Waals surface area contributed by atoms with Gasteiger partial charge in [-0.1, -0.05) is 206 Å². The fraction of sp³-hybridized carbons (Fsp3) is 0. The summed E-state index contributed by atoms with van der Waals surface area (Å²) in [5, 5.41) is 12.5. The highest BCUT2D eigenvalue weighted by atomic mass is 28.3. The minimum Gasteiger partial charge on any atom is -0.455 e. The van der Waals surface area contributed by atoms with Gasteiger partial charge in [-0.2, -0.15) is 0 Å². The van der Waals surface area contributed by atoms with E-state index in [2.05, 4.69) is 270 Å². The summed E-state index contributed by atoms with van der Waals surface area (Å²) in [6.07, 6.45) is 0. The molecule has 70 heavy (non-hydrogen) atoms. The number of fused-ring (bicyclic) bond motifs is 9. The summed E-state index contributed by atoms with van der Waals surface area (Å²) in [5.74, 6) is 0. The number of nitrogens with zero attached hydrogens (tertiary/aromatic N) is 2. The van der Waals surface area contributed by atoms with E-state index in [-0.39, 0.29) is 0 Å². The van der Waals surface area contributed by atoms with Crippen molar-refractivity contribution in [3.63, 3.8) is 0 Å². The Morgan fingerprint density at radius 3 is 1.54 bits per heavy atom. The maximum atomic E-state index is 6.70. The van der Waals surface area contributed by atoms with Gasteiger partial charge in [-0.15, -0.1) is 0 Å². The highest BCUT2D eigenvalue weighted by molar-refractivity contribution is 7.19. The van der Waals surface area contributed by atoms with Gasteiger partial charge in [-0.05, 0) is 98.1 Å². The molecule has 328 valence electrons. The van der Waals surface area contributed by atoms with Gasteiger partial charge in [0.1, 0.15) is 11.2 Å². The van der Waals surface area contributed by atoms with E-state index in [9.17, 15) is 0 Å². The first kappa shape index (κ1) is 40.1. The first-order valence-electron chi connectivity index (χ1n) is 24.1. The molecule has 11 aromatic carbocycles. The molecule has 3 aromatic heterocycles. The molecule has 0 amide bonds. The highest BCUT2D eigenvalue weighted by Gasteiger charge is 2.41. The Morgan fingerprint density at radius 2 is 0.800 bits per heavy atom. The first-order valence-corrected chi connectivity index (χ1v) is 26.1. The average molecular weight is 909 g/mol. The molecule has 0 saturated carbocycles. The predicted molar refractivity (Wildman–Crippen MR) is 297 cm³/mol. The molecule has 0 aliphatic heterocycles. The molecule has 3 nitrogen and oxygen atoms in total. The van der Waals surface area contributed by atoms with Gasteiger partial charge in [-0.25, -0.2) is 0 Å². The fourth-order valence-electron chi connectivity index (χ4n) is 11.7. The lowest BCUT2D eigenvalue weighted by Crippen LogP contribution is -2.74. The second kappa shape index (κ2) is 16.1. The molecule has 0 bridgehead atoms. The Bertz CT molecular complexity index is 4190. The van der Waals surface area contributed by atoms with Crippen molar-refractivity contribution in [1.29, 1.82) is 0 Å². The fourth-order valence-corrected chi connectivity index (χ4v) is 16.5. The van der Waals surface area contributed by atoms with Crippen LogP contribution in [-0.4, -0.2) is 17.2 Å². The molecule has 0 aliphatic rings. The Kier molecular flexibility index (Phi) is 9.23. The van der Waals surface area contributed by atoms with E-state index < -0.39 is 8.07 Å². The number of benzene rings is 11. The lowest BCUT2D eigenvalue weighted by atomic mass is 9.96. The van der Waals surface area contributed by atoms with Crippen LogP contribution in [0.25, 0.3) is 99.2 Å². The van der Waals surface area contributed by atoms with E-state index in [4.69, 9.17) is 4.42 Å². The summed E-state index contributed by atoms with van der Waals surface area (Å²) < 4.78 is 11.6. The van der Waals surface area contributed by atoms with E-state index in [1.54, 1.807) is 0 Å². The van der Waals surface area contributed by atoms with Crippen molar-refractivity contribution in [2.24, 2.45) is 0 Å². The Labute approximate surface area is 406 Å². The second-order valence-electron chi connectivity index (χ2n) is 18.4. The molecule has 0 atom stereocenters. The molecule has 0 saturated heterocycles. The van der Waals surface area contributed by atoms with Crippen LogP contribution in [-0.2, 0) is 0 Å². The van der Waals surface area contributed by atoms with Crippen molar-refractivity contribution in [2.75, 3.05) is 0 Å². The predicted octanol–water partition coefficient (Wildman–Crippen LogP) is 14.5. The zero-order valence-electron chi connectivity index (χ0n) is 38.2. The minimum absolute atomic E-state index is 0.898. The minimum atomic E-state index is -2.78. The molecular formula is C66H44N2OSi. The summed E-state index contributed by atoms with van der Waals surface area (Å²) in [6, 6.07) is 98.2. The van der Waals surface area contributed by atoms with Crippen LogP contribution in [0.1, 0.15) is 0 Å². The van der Waals surface area contributed by atoms with Crippen molar-refractivity contribution in [1.82, 2.24) is 9.13 Å². The molecule has 0 fully saturated rings. The van der Waals surface area contributed by atoms with Gasteiger partial charge in [0.15, 0.2) is 8.07 Å². The number of aromatic nitrogens is 2. The van der Waals surface area contributed by atoms with Crippen LogP contribution in [0.4, 0.5) is 0 Å². The normalized spacial score (nSPS) is 12.0. The summed E-state index contributed by atoms with van der Waals surface area (Å²) in [5.41, 5.74) is 13.3. The molecule has 3 heterocycles. The van der Waals surface area contributed by atoms with Crippen LogP contribution in [0, 0.1) is 0 Å². The summed E-state index contributed by atoms with van der Waals surface area (Å²) in [6.45, 7) is 0. The molecule has 0 aliphatic carbocycles. The summed E-state index contributed by atoms with van der Waals surface area (Å²) in [7, 11) is -2.78. The van der Waals surface area contributed by atoms with E-state index in [1.807, 2.05) is 6.07 Å². The van der Waals surface area contributed by atoms with Crippen molar-refractivity contribution >= 4 is 94.4 Å². The van der Waals surface area contributed by atoms with E-state index in [0.29, 0.717) is 0 Å². The van der Waals surface area contributed by atoms with Crippen LogP contribution in [0.2, 0.25) is 0 Å². The SMILES string of the molecule is c1ccc(-c2ccc3c(c2)c2c(-c4cccc5c4oc4ccccc45)cccc2n3-c2ccc3c(c2)c2ccccc2n3-c2cccc([Si](c3ccccc3)(c3ccccc3)c3ccccc3)c2)cc1. The van der Waals surface area contributed by atoms with Gasteiger partial charge in [0.2, 0.25) is 0 Å². The third-order valence-corrected chi connectivity index (χ3v) is 19.4. The zero-order valence-corrected chi connectivity index (χ0v) is 39.2.